The second-order valence-corrected chi connectivity index (χ2v) is 4.36. The van der Waals surface area contributed by atoms with Gasteiger partial charge >= 0.3 is 0 Å². The summed E-state index contributed by atoms with van der Waals surface area (Å²) in [7, 11) is 0. The van der Waals surface area contributed by atoms with E-state index >= 15 is 0 Å². The normalized spacial score (nSPS) is 30.4. The molecule has 2 fully saturated rings. The van der Waals surface area contributed by atoms with Gasteiger partial charge in [-0.1, -0.05) is 0 Å². The molecule has 0 aliphatic carbocycles. The van der Waals surface area contributed by atoms with Gasteiger partial charge in [-0.2, -0.15) is 0 Å². The average Bonchev–Trinajstić information content (AvgIpc) is 2.29. The molecule has 2 heterocycles. The quantitative estimate of drug-likeness (QED) is 0.740. The second kappa shape index (κ2) is 5.69. The zero-order valence-electron chi connectivity index (χ0n) is 8.84. The maximum Gasteiger partial charge on any atom is 0.0619 e. The smallest absolute Gasteiger partial charge is 0.0619 e. The van der Waals surface area contributed by atoms with Crippen LogP contribution in [0.4, 0.5) is 0 Å². The van der Waals surface area contributed by atoms with Gasteiger partial charge in [0.05, 0.1) is 12.7 Å². The number of hydrogen-bond donors (Lipinski definition) is 1. The van der Waals surface area contributed by atoms with Crippen LogP contribution in [0.3, 0.4) is 0 Å². The van der Waals surface area contributed by atoms with Crippen LogP contribution in [-0.4, -0.2) is 39.0 Å². The van der Waals surface area contributed by atoms with E-state index in [2.05, 4.69) is 5.32 Å². The molecule has 0 saturated carbocycles. The van der Waals surface area contributed by atoms with Crippen molar-refractivity contribution in [3.8, 4) is 0 Å². The Balaban J connectivity index is 1.60. The summed E-state index contributed by atoms with van der Waals surface area (Å²) in [5.74, 6) is 0.742. The number of piperidine rings is 1. The SMILES string of the molecule is C1CNC[C@H](COC2CCOCC2)C1. The Morgan fingerprint density at radius 3 is 2.79 bits per heavy atom. The van der Waals surface area contributed by atoms with Crippen LogP contribution in [0.1, 0.15) is 25.7 Å². The van der Waals surface area contributed by atoms with E-state index in [-0.39, 0.29) is 0 Å². The minimum atomic E-state index is 0.464. The van der Waals surface area contributed by atoms with Crippen LogP contribution >= 0.6 is 0 Å². The van der Waals surface area contributed by atoms with E-state index in [1.807, 2.05) is 0 Å². The van der Waals surface area contributed by atoms with Gasteiger partial charge in [0.1, 0.15) is 0 Å². The Morgan fingerprint density at radius 1 is 1.21 bits per heavy atom. The summed E-state index contributed by atoms with van der Waals surface area (Å²) in [5, 5.41) is 3.42. The first-order valence-corrected chi connectivity index (χ1v) is 5.85. The zero-order valence-corrected chi connectivity index (χ0v) is 8.84. The summed E-state index contributed by atoms with van der Waals surface area (Å²) in [6.45, 7) is 5.04. The molecule has 0 bridgehead atoms. The molecule has 3 heteroatoms. The molecule has 0 radical (unpaired) electrons. The van der Waals surface area contributed by atoms with E-state index in [0.717, 1.165) is 45.1 Å². The second-order valence-electron chi connectivity index (χ2n) is 4.36. The van der Waals surface area contributed by atoms with Gasteiger partial charge < -0.3 is 14.8 Å². The average molecular weight is 199 g/mol. The van der Waals surface area contributed by atoms with Gasteiger partial charge in [0, 0.05) is 19.8 Å². The molecular formula is C11H21NO2. The van der Waals surface area contributed by atoms with Crippen molar-refractivity contribution >= 4 is 0 Å². The van der Waals surface area contributed by atoms with Crippen molar-refractivity contribution in [1.82, 2.24) is 5.32 Å². The molecule has 0 aromatic heterocycles. The molecule has 1 N–H and O–H groups in total. The molecule has 2 aliphatic heterocycles. The third-order valence-electron chi connectivity index (χ3n) is 3.13. The highest BCUT2D eigenvalue weighted by Crippen LogP contribution is 2.15. The molecule has 0 aromatic rings. The molecule has 82 valence electrons. The summed E-state index contributed by atoms with van der Waals surface area (Å²) in [4.78, 5) is 0. The Labute approximate surface area is 86.2 Å². The van der Waals surface area contributed by atoms with E-state index in [1.165, 1.54) is 19.4 Å². The van der Waals surface area contributed by atoms with Crippen molar-refractivity contribution in [2.45, 2.75) is 31.8 Å². The minimum absolute atomic E-state index is 0.464. The number of rotatable bonds is 3. The van der Waals surface area contributed by atoms with Crippen LogP contribution in [0.25, 0.3) is 0 Å². The summed E-state index contributed by atoms with van der Waals surface area (Å²) in [5.41, 5.74) is 0. The van der Waals surface area contributed by atoms with Gasteiger partial charge in [-0.05, 0) is 38.1 Å². The lowest BCUT2D eigenvalue weighted by atomic mass is 10.0. The first-order valence-electron chi connectivity index (χ1n) is 5.85. The van der Waals surface area contributed by atoms with Crippen LogP contribution in [0.2, 0.25) is 0 Å². The molecule has 1 atom stereocenters. The van der Waals surface area contributed by atoms with Crippen LogP contribution < -0.4 is 5.32 Å². The molecule has 0 spiro atoms. The maximum atomic E-state index is 5.90. The molecular weight excluding hydrogens is 178 g/mol. The van der Waals surface area contributed by atoms with Gasteiger partial charge in [-0.15, -0.1) is 0 Å². The van der Waals surface area contributed by atoms with Crippen LogP contribution in [0.15, 0.2) is 0 Å². The van der Waals surface area contributed by atoms with E-state index in [0.29, 0.717) is 6.10 Å². The molecule has 0 amide bonds. The van der Waals surface area contributed by atoms with Gasteiger partial charge in [-0.3, -0.25) is 0 Å². The number of nitrogens with one attached hydrogen (secondary N) is 1. The Bertz CT molecular complexity index is 133. The van der Waals surface area contributed by atoms with Gasteiger partial charge in [0.25, 0.3) is 0 Å². The lowest BCUT2D eigenvalue weighted by Gasteiger charge is -2.27. The standard InChI is InChI=1S/C11H21NO2/c1-2-10(8-12-5-1)9-14-11-3-6-13-7-4-11/h10-12H,1-9H2/t10-/m1/s1. The fourth-order valence-electron chi connectivity index (χ4n) is 2.18. The fourth-order valence-corrected chi connectivity index (χ4v) is 2.18. The van der Waals surface area contributed by atoms with Crippen molar-refractivity contribution in [2.75, 3.05) is 32.9 Å². The number of hydrogen-bond acceptors (Lipinski definition) is 3. The highest BCUT2D eigenvalue weighted by Gasteiger charge is 2.18. The molecule has 0 aromatic carbocycles. The maximum absolute atomic E-state index is 5.90. The lowest BCUT2D eigenvalue weighted by Crippen LogP contribution is -2.34. The first-order chi connectivity index (χ1) is 6.95. The fraction of sp³-hybridized carbons (Fsp3) is 1.00. The predicted octanol–water partition coefficient (Wildman–Crippen LogP) is 1.18. The highest BCUT2D eigenvalue weighted by atomic mass is 16.5. The van der Waals surface area contributed by atoms with Crippen molar-refractivity contribution in [2.24, 2.45) is 5.92 Å². The van der Waals surface area contributed by atoms with Crippen LogP contribution in [0, 0.1) is 5.92 Å². The summed E-state index contributed by atoms with van der Waals surface area (Å²) in [6, 6.07) is 0. The largest absolute Gasteiger partial charge is 0.381 e. The van der Waals surface area contributed by atoms with Crippen molar-refractivity contribution < 1.29 is 9.47 Å². The van der Waals surface area contributed by atoms with Crippen molar-refractivity contribution in [1.29, 1.82) is 0 Å². The summed E-state index contributed by atoms with van der Waals surface area (Å²) >= 11 is 0. The minimum Gasteiger partial charge on any atom is -0.381 e. The summed E-state index contributed by atoms with van der Waals surface area (Å²) < 4.78 is 11.2. The summed E-state index contributed by atoms with van der Waals surface area (Å²) in [6.07, 6.45) is 5.27. The molecule has 2 saturated heterocycles. The van der Waals surface area contributed by atoms with Crippen LogP contribution in [-0.2, 0) is 9.47 Å². The highest BCUT2D eigenvalue weighted by molar-refractivity contribution is 4.70. The van der Waals surface area contributed by atoms with Gasteiger partial charge in [0.2, 0.25) is 0 Å². The lowest BCUT2D eigenvalue weighted by molar-refractivity contribution is -0.0446. The molecule has 2 rings (SSSR count). The van der Waals surface area contributed by atoms with E-state index < -0.39 is 0 Å². The van der Waals surface area contributed by atoms with Crippen molar-refractivity contribution in [3.63, 3.8) is 0 Å². The Hall–Kier alpha value is -0.120. The molecule has 3 nitrogen and oxygen atoms in total. The zero-order chi connectivity index (χ0) is 9.64. The van der Waals surface area contributed by atoms with E-state index in [4.69, 9.17) is 9.47 Å². The Kier molecular flexibility index (Phi) is 4.22. The monoisotopic (exact) mass is 199 g/mol. The number of ether oxygens (including phenoxy) is 2. The van der Waals surface area contributed by atoms with Gasteiger partial charge in [-0.25, -0.2) is 0 Å². The molecule has 14 heavy (non-hydrogen) atoms. The molecule has 0 unspecified atom stereocenters. The van der Waals surface area contributed by atoms with E-state index in [9.17, 15) is 0 Å². The van der Waals surface area contributed by atoms with Crippen molar-refractivity contribution in [3.05, 3.63) is 0 Å². The molecule has 2 aliphatic rings. The predicted molar refractivity (Wildman–Crippen MR) is 55.4 cm³/mol. The third-order valence-corrected chi connectivity index (χ3v) is 3.13. The topological polar surface area (TPSA) is 30.5 Å². The third kappa shape index (κ3) is 3.23. The Morgan fingerprint density at radius 2 is 2.07 bits per heavy atom. The van der Waals surface area contributed by atoms with Gasteiger partial charge in [0.15, 0.2) is 0 Å². The first kappa shape index (κ1) is 10.4. The van der Waals surface area contributed by atoms with Crippen LogP contribution in [0.5, 0.6) is 0 Å². The van der Waals surface area contributed by atoms with E-state index in [1.54, 1.807) is 0 Å².